The monoisotopic (exact) mass is 482 g/mol. The van der Waals surface area contributed by atoms with E-state index in [0.717, 1.165) is 53.2 Å². The first-order valence-corrected chi connectivity index (χ1v) is 13.3. The molecule has 0 atom stereocenters. The number of hydrogen-bond acceptors (Lipinski definition) is 8. The van der Waals surface area contributed by atoms with Crippen LogP contribution in [0.2, 0.25) is 0 Å². The summed E-state index contributed by atoms with van der Waals surface area (Å²) in [7, 11) is 0. The molecule has 1 amide bonds. The van der Waals surface area contributed by atoms with Crippen LogP contribution in [0.5, 0.6) is 0 Å². The predicted octanol–water partition coefficient (Wildman–Crippen LogP) is 5.04. The normalized spacial score (nSPS) is 14.6. The summed E-state index contributed by atoms with van der Waals surface area (Å²) in [6, 6.07) is 8.03. The molecule has 5 rings (SSSR count). The van der Waals surface area contributed by atoms with Crippen molar-refractivity contribution in [2.75, 3.05) is 6.54 Å². The predicted molar refractivity (Wildman–Crippen MR) is 128 cm³/mol. The number of aromatic nitrogens is 5. The first-order valence-electron chi connectivity index (χ1n) is 10.5. The number of pyridine rings is 1. The van der Waals surface area contributed by atoms with Crippen molar-refractivity contribution in [3.63, 3.8) is 0 Å². The van der Waals surface area contributed by atoms with Gasteiger partial charge in [0, 0.05) is 30.3 Å². The number of thiophene rings is 1. The minimum Gasteiger partial charge on any atom is -0.335 e. The Hall–Kier alpha value is -2.56. The van der Waals surface area contributed by atoms with Gasteiger partial charge in [0.05, 0.1) is 29.0 Å². The van der Waals surface area contributed by atoms with Crippen LogP contribution in [0, 0.1) is 0 Å². The molecule has 5 heterocycles. The van der Waals surface area contributed by atoms with Crippen LogP contribution in [0.25, 0.3) is 15.6 Å². The van der Waals surface area contributed by atoms with E-state index in [1.165, 1.54) is 4.88 Å². The third-order valence-corrected chi connectivity index (χ3v) is 8.13. The van der Waals surface area contributed by atoms with Crippen LogP contribution in [-0.4, -0.2) is 42.1 Å². The Morgan fingerprint density at radius 2 is 2.06 bits per heavy atom. The summed E-state index contributed by atoms with van der Waals surface area (Å²) in [6.45, 7) is 1.23. The zero-order chi connectivity index (χ0) is 21.8. The molecule has 164 valence electrons. The van der Waals surface area contributed by atoms with E-state index in [2.05, 4.69) is 32.0 Å². The van der Waals surface area contributed by atoms with Gasteiger partial charge in [0.1, 0.15) is 5.01 Å². The fourth-order valence-electron chi connectivity index (χ4n) is 3.64. The summed E-state index contributed by atoms with van der Waals surface area (Å²) in [5, 5.41) is 14.9. The molecule has 4 aromatic rings. The minimum absolute atomic E-state index is 0.195. The second kappa shape index (κ2) is 9.93. The molecule has 4 aromatic heterocycles. The zero-order valence-electron chi connectivity index (χ0n) is 17.4. The minimum atomic E-state index is 0.195. The average molecular weight is 483 g/mol. The van der Waals surface area contributed by atoms with E-state index in [0.29, 0.717) is 18.7 Å². The van der Waals surface area contributed by atoms with Crippen molar-refractivity contribution >= 4 is 40.3 Å². The highest BCUT2D eigenvalue weighted by molar-refractivity contribution is 7.98. The largest absolute Gasteiger partial charge is 0.335 e. The summed E-state index contributed by atoms with van der Waals surface area (Å²) < 4.78 is 2.02. The third-order valence-electron chi connectivity index (χ3n) is 5.24. The fourth-order valence-corrected chi connectivity index (χ4v) is 6.25. The standard InChI is InChI=1S/C22H22N6OS3/c29-20-8-2-1-3-10-27(20)13-19-25-26-22(28(19)17-6-4-9-23-12-17)32-15-16-14-31-21(24-16)18-7-5-11-30-18/h4-7,9,11-12,14H,1-3,8,10,13,15H2. The number of hydrogen-bond donors (Lipinski definition) is 0. The number of nitrogens with zero attached hydrogens (tertiary/aromatic N) is 6. The molecule has 0 aromatic carbocycles. The molecule has 7 nitrogen and oxygen atoms in total. The van der Waals surface area contributed by atoms with Gasteiger partial charge < -0.3 is 4.90 Å². The van der Waals surface area contributed by atoms with Crippen molar-refractivity contribution in [1.82, 2.24) is 29.6 Å². The first-order chi connectivity index (χ1) is 15.8. The number of thioether (sulfide) groups is 1. The van der Waals surface area contributed by atoms with Gasteiger partial charge in [-0.1, -0.05) is 24.2 Å². The van der Waals surface area contributed by atoms with Gasteiger partial charge in [0.15, 0.2) is 11.0 Å². The zero-order valence-corrected chi connectivity index (χ0v) is 19.8. The summed E-state index contributed by atoms with van der Waals surface area (Å²) in [4.78, 5) is 24.7. The Morgan fingerprint density at radius 1 is 1.09 bits per heavy atom. The number of likely N-dealkylation sites (tertiary alicyclic amines) is 1. The Labute approximate surface area is 198 Å². The second-order valence-electron chi connectivity index (χ2n) is 7.48. The highest BCUT2D eigenvalue weighted by Gasteiger charge is 2.22. The van der Waals surface area contributed by atoms with Gasteiger partial charge >= 0.3 is 0 Å². The number of rotatable bonds is 7. The molecule has 1 aliphatic heterocycles. The Bertz CT molecular complexity index is 1170. The fraction of sp³-hybridized carbons (Fsp3) is 0.318. The maximum absolute atomic E-state index is 12.5. The molecule has 0 spiro atoms. The van der Waals surface area contributed by atoms with Crippen molar-refractivity contribution in [3.8, 4) is 15.6 Å². The van der Waals surface area contributed by atoms with Crippen molar-refractivity contribution in [2.24, 2.45) is 0 Å². The smallest absolute Gasteiger partial charge is 0.222 e. The van der Waals surface area contributed by atoms with E-state index in [-0.39, 0.29) is 5.91 Å². The molecular formula is C22H22N6OS3. The maximum Gasteiger partial charge on any atom is 0.222 e. The topological polar surface area (TPSA) is 76.8 Å². The molecule has 0 radical (unpaired) electrons. The molecule has 0 bridgehead atoms. The molecule has 1 saturated heterocycles. The Balaban J connectivity index is 1.38. The van der Waals surface area contributed by atoms with Crippen LogP contribution in [0.3, 0.4) is 0 Å². The molecule has 0 unspecified atom stereocenters. The lowest BCUT2D eigenvalue weighted by Gasteiger charge is -2.20. The SMILES string of the molecule is O=C1CCCCCN1Cc1nnc(SCc2csc(-c3cccs3)n2)n1-c1cccnc1. The molecule has 0 saturated carbocycles. The number of amides is 1. The lowest BCUT2D eigenvalue weighted by atomic mass is 10.2. The summed E-state index contributed by atoms with van der Waals surface area (Å²) in [5.74, 6) is 1.65. The van der Waals surface area contributed by atoms with Crippen LogP contribution in [0.1, 0.15) is 37.2 Å². The van der Waals surface area contributed by atoms with Gasteiger partial charge in [-0.2, -0.15) is 0 Å². The molecule has 0 N–H and O–H groups in total. The quantitative estimate of drug-likeness (QED) is 0.343. The average Bonchev–Trinajstić information content (AvgIpc) is 3.55. The summed E-state index contributed by atoms with van der Waals surface area (Å²) in [6.07, 6.45) is 7.26. The molecule has 32 heavy (non-hydrogen) atoms. The summed E-state index contributed by atoms with van der Waals surface area (Å²) >= 11 is 4.96. The van der Waals surface area contributed by atoms with E-state index >= 15 is 0 Å². The molecule has 0 aliphatic carbocycles. The van der Waals surface area contributed by atoms with Gasteiger partial charge in [-0.25, -0.2) is 4.98 Å². The number of carbonyl (C=O) groups excluding carboxylic acids is 1. The first kappa shape index (κ1) is 21.3. The van der Waals surface area contributed by atoms with Gasteiger partial charge in [0.2, 0.25) is 5.91 Å². The summed E-state index contributed by atoms with van der Waals surface area (Å²) in [5.41, 5.74) is 1.92. The Morgan fingerprint density at radius 3 is 2.91 bits per heavy atom. The van der Waals surface area contributed by atoms with Crippen molar-refractivity contribution in [3.05, 3.63) is 58.9 Å². The molecule has 1 aliphatic rings. The second-order valence-corrected chi connectivity index (χ2v) is 10.2. The van der Waals surface area contributed by atoms with Gasteiger partial charge in [-0.15, -0.1) is 32.9 Å². The van der Waals surface area contributed by atoms with E-state index < -0.39 is 0 Å². The van der Waals surface area contributed by atoms with Gasteiger partial charge in [-0.05, 0) is 36.4 Å². The van der Waals surface area contributed by atoms with E-state index in [1.807, 2.05) is 27.7 Å². The van der Waals surface area contributed by atoms with E-state index in [9.17, 15) is 4.79 Å². The lowest BCUT2D eigenvalue weighted by molar-refractivity contribution is -0.131. The van der Waals surface area contributed by atoms with E-state index in [4.69, 9.17) is 4.98 Å². The van der Waals surface area contributed by atoms with Crippen molar-refractivity contribution in [2.45, 2.75) is 43.1 Å². The highest BCUT2D eigenvalue weighted by Crippen LogP contribution is 2.31. The number of thiazole rings is 1. The van der Waals surface area contributed by atoms with Gasteiger partial charge in [0.25, 0.3) is 0 Å². The maximum atomic E-state index is 12.5. The van der Waals surface area contributed by atoms with Crippen molar-refractivity contribution < 1.29 is 4.79 Å². The van der Waals surface area contributed by atoms with Crippen LogP contribution < -0.4 is 0 Å². The third kappa shape index (κ3) is 4.77. The Kier molecular flexibility index (Phi) is 6.61. The number of carbonyl (C=O) groups is 1. The molecule has 10 heteroatoms. The van der Waals surface area contributed by atoms with Crippen LogP contribution in [0.15, 0.2) is 52.6 Å². The van der Waals surface area contributed by atoms with Crippen LogP contribution >= 0.6 is 34.4 Å². The van der Waals surface area contributed by atoms with Crippen LogP contribution in [0.4, 0.5) is 0 Å². The van der Waals surface area contributed by atoms with Gasteiger partial charge in [-0.3, -0.25) is 14.3 Å². The van der Waals surface area contributed by atoms with Crippen LogP contribution in [-0.2, 0) is 17.1 Å². The lowest BCUT2D eigenvalue weighted by Crippen LogP contribution is -2.31. The molecular weight excluding hydrogens is 460 g/mol. The van der Waals surface area contributed by atoms with Crippen molar-refractivity contribution in [1.29, 1.82) is 0 Å². The highest BCUT2D eigenvalue weighted by atomic mass is 32.2. The van der Waals surface area contributed by atoms with E-state index in [1.54, 1.807) is 46.8 Å². The molecule has 1 fully saturated rings.